The maximum Gasteiger partial charge on any atom is 0.272 e. The molecule has 10 heteroatoms. The van der Waals surface area contributed by atoms with Crippen LogP contribution in [-0.4, -0.2) is 33.1 Å². The van der Waals surface area contributed by atoms with Crippen LogP contribution >= 0.6 is 11.8 Å². The number of fused-ring (bicyclic) bond motifs is 1. The highest BCUT2D eigenvalue weighted by Crippen LogP contribution is 2.29. The number of nitrogens with one attached hydrogen (secondary N) is 4. The zero-order valence-corrected chi connectivity index (χ0v) is 23.8. The van der Waals surface area contributed by atoms with E-state index >= 15 is 0 Å². The van der Waals surface area contributed by atoms with Crippen LogP contribution in [0, 0.1) is 6.92 Å². The van der Waals surface area contributed by atoms with E-state index in [4.69, 9.17) is 4.52 Å². The fourth-order valence-corrected chi connectivity index (χ4v) is 5.29. The maximum atomic E-state index is 13.6. The van der Waals surface area contributed by atoms with Gasteiger partial charge in [0.05, 0.1) is 5.25 Å². The molecule has 0 aliphatic heterocycles. The highest BCUT2D eigenvalue weighted by atomic mass is 32.2. The minimum Gasteiger partial charge on any atom is -0.361 e. The number of hydrogen-bond acceptors (Lipinski definition) is 6. The summed E-state index contributed by atoms with van der Waals surface area (Å²) in [6.07, 6.45) is 4.02. The number of nitrogens with zero attached hydrogens (tertiary/aromatic N) is 1. The Balaban J connectivity index is 1.35. The summed E-state index contributed by atoms with van der Waals surface area (Å²) in [5.74, 6) is -0.117. The van der Waals surface area contributed by atoms with Crippen LogP contribution in [0.15, 0.2) is 106 Å². The number of carbonyl (C=O) groups is 3. The second-order valence-electron chi connectivity index (χ2n) is 9.48. The first kappa shape index (κ1) is 28.4. The van der Waals surface area contributed by atoms with Gasteiger partial charge in [0.25, 0.3) is 11.8 Å². The van der Waals surface area contributed by atoms with Gasteiger partial charge in [0, 0.05) is 44.9 Å². The number of H-pyrrole nitrogens is 1. The summed E-state index contributed by atoms with van der Waals surface area (Å²) in [5.41, 5.74) is 2.70. The lowest BCUT2D eigenvalue weighted by atomic mass is 10.1. The highest BCUT2D eigenvalue weighted by Gasteiger charge is 2.20. The Kier molecular flexibility index (Phi) is 8.84. The monoisotopic (exact) mass is 579 g/mol. The van der Waals surface area contributed by atoms with Gasteiger partial charge in [0.2, 0.25) is 5.91 Å². The second kappa shape index (κ2) is 13.0. The van der Waals surface area contributed by atoms with Gasteiger partial charge >= 0.3 is 0 Å². The normalized spacial score (nSPS) is 12.1. The number of amides is 3. The number of carbonyl (C=O) groups excluding carboxylic acids is 3. The lowest BCUT2D eigenvalue weighted by molar-refractivity contribution is -0.116. The van der Waals surface area contributed by atoms with E-state index in [0.717, 1.165) is 21.4 Å². The standard InChI is InChI=1S/C32H29N5O4S/c1-3-28(32(40)36-29-16-20(2)41-37-29)42-24-13-9-12-23(18-24)34-31(39)27(35-30(38)21-10-5-4-6-11-21)17-22-19-33-26-15-8-7-14-25(22)26/h4-19,28,33H,3H2,1-2H3,(H,34,39)(H,35,38)(H,36,37,40)/b27-17-. The minimum atomic E-state index is -0.488. The summed E-state index contributed by atoms with van der Waals surface area (Å²) >= 11 is 1.38. The quantitative estimate of drug-likeness (QED) is 0.112. The van der Waals surface area contributed by atoms with Gasteiger partial charge < -0.3 is 25.5 Å². The smallest absolute Gasteiger partial charge is 0.272 e. The van der Waals surface area contributed by atoms with E-state index in [1.165, 1.54) is 11.8 Å². The van der Waals surface area contributed by atoms with E-state index < -0.39 is 17.1 Å². The summed E-state index contributed by atoms with van der Waals surface area (Å²) in [4.78, 5) is 43.4. The molecule has 2 aromatic heterocycles. The third kappa shape index (κ3) is 6.97. The van der Waals surface area contributed by atoms with Gasteiger partial charge in [-0.05, 0) is 55.8 Å². The second-order valence-corrected chi connectivity index (χ2v) is 10.8. The Morgan fingerprint density at radius 2 is 1.76 bits per heavy atom. The molecular weight excluding hydrogens is 550 g/mol. The first-order valence-electron chi connectivity index (χ1n) is 13.4. The zero-order valence-electron chi connectivity index (χ0n) is 23.0. The minimum absolute atomic E-state index is 0.0837. The first-order chi connectivity index (χ1) is 20.4. The van der Waals surface area contributed by atoms with E-state index in [-0.39, 0.29) is 11.6 Å². The van der Waals surface area contributed by atoms with Gasteiger partial charge in [-0.1, -0.05) is 54.5 Å². The van der Waals surface area contributed by atoms with Crippen LogP contribution in [0.25, 0.3) is 17.0 Å². The van der Waals surface area contributed by atoms with Crippen molar-refractivity contribution < 1.29 is 18.9 Å². The molecule has 3 amide bonds. The Bertz CT molecular complexity index is 1760. The van der Waals surface area contributed by atoms with Crippen LogP contribution in [0.2, 0.25) is 0 Å². The van der Waals surface area contributed by atoms with Crippen molar-refractivity contribution in [2.45, 2.75) is 30.4 Å². The van der Waals surface area contributed by atoms with Gasteiger partial charge in [0.15, 0.2) is 5.82 Å². The van der Waals surface area contributed by atoms with E-state index in [0.29, 0.717) is 29.2 Å². The van der Waals surface area contributed by atoms with Crippen LogP contribution in [-0.2, 0) is 9.59 Å². The number of hydrogen-bond donors (Lipinski definition) is 4. The molecule has 5 rings (SSSR count). The van der Waals surface area contributed by atoms with Crippen molar-refractivity contribution in [1.82, 2.24) is 15.5 Å². The van der Waals surface area contributed by atoms with Crippen molar-refractivity contribution in [2.75, 3.05) is 10.6 Å². The Hall–Kier alpha value is -5.09. The van der Waals surface area contributed by atoms with Gasteiger partial charge in [-0.2, -0.15) is 0 Å². The molecule has 1 unspecified atom stereocenters. The van der Waals surface area contributed by atoms with Crippen LogP contribution in [0.5, 0.6) is 0 Å². The van der Waals surface area contributed by atoms with E-state index in [1.807, 2.05) is 43.3 Å². The molecule has 0 aliphatic rings. The average molecular weight is 580 g/mol. The number of anilines is 2. The maximum absolute atomic E-state index is 13.6. The SMILES string of the molecule is CCC(Sc1cccc(NC(=O)/C(=C/c2c[nH]c3ccccc23)NC(=O)c2ccccc2)c1)C(=O)Nc1cc(C)on1. The number of para-hydroxylation sites is 1. The topological polar surface area (TPSA) is 129 Å². The average Bonchev–Trinajstić information content (AvgIpc) is 3.61. The third-order valence-corrected chi connectivity index (χ3v) is 7.72. The van der Waals surface area contributed by atoms with Crippen molar-refractivity contribution in [3.8, 4) is 0 Å². The molecule has 0 aliphatic carbocycles. The van der Waals surface area contributed by atoms with Crippen LogP contribution in [0.1, 0.15) is 35.0 Å². The van der Waals surface area contributed by atoms with Crippen molar-refractivity contribution in [2.24, 2.45) is 0 Å². The van der Waals surface area contributed by atoms with Gasteiger partial charge in [-0.3, -0.25) is 14.4 Å². The number of thioether (sulfide) groups is 1. The van der Waals surface area contributed by atoms with Crippen LogP contribution in [0.3, 0.4) is 0 Å². The zero-order chi connectivity index (χ0) is 29.5. The molecule has 9 nitrogen and oxygen atoms in total. The van der Waals surface area contributed by atoms with E-state index in [1.54, 1.807) is 67.7 Å². The first-order valence-corrected chi connectivity index (χ1v) is 14.2. The molecule has 0 bridgehead atoms. The van der Waals surface area contributed by atoms with Gasteiger partial charge in [-0.25, -0.2) is 0 Å². The van der Waals surface area contributed by atoms with Crippen molar-refractivity contribution in [3.63, 3.8) is 0 Å². The van der Waals surface area contributed by atoms with Gasteiger partial charge in [0.1, 0.15) is 11.5 Å². The van der Waals surface area contributed by atoms with Crippen LogP contribution in [0.4, 0.5) is 11.5 Å². The summed E-state index contributed by atoms with van der Waals surface area (Å²) < 4.78 is 5.03. The number of aryl methyl sites for hydroxylation is 1. The fourth-order valence-electron chi connectivity index (χ4n) is 4.28. The predicted molar refractivity (Wildman–Crippen MR) is 165 cm³/mol. The molecule has 0 fully saturated rings. The highest BCUT2D eigenvalue weighted by molar-refractivity contribution is 8.00. The summed E-state index contributed by atoms with van der Waals surface area (Å²) in [6, 6.07) is 25.3. The molecule has 0 spiro atoms. The molecule has 2 heterocycles. The Morgan fingerprint density at radius 1 is 0.976 bits per heavy atom. The summed E-state index contributed by atoms with van der Waals surface area (Å²) in [7, 11) is 0. The predicted octanol–water partition coefficient (Wildman–Crippen LogP) is 6.38. The fraction of sp³-hybridized carbons (Fsp3) is 0.125. The lowest BCUT2D eigenvalue weighted by Crippen LogP contribution is -2.30. The van der Waals surface area contributed by atoms with Crippen LogP contribution < -0.4 is 16.0 Å². The third-order valence-electron chi connectivity index (χ3n) is 6.36. The molecule has 0 saturated heterocycles. The molecule has 3 aromatic carbocycles. The number of rotatable bonds is 10. The lowest BCUT2D eigenvalue weighted by Gasteiger charge is -2.15. The molecule has 0 saturated carbocycles. The molecule has 4 N–H and O–H groups in total. The molecule has 42 heavy (non-hydrogen) atoms. The summed E-state index contributed by atoms with van der Waals surface area (Å²) in [5, 5.41) is 12.8. The molecule has 5 aromatic rings. The van der Waals surface area contributed by atoms with Crippen molar-refractivity contribution in [1.29, 1.82) is 0 Å². The molecule has 1 atom stereocenters. The largest absolute Gasteiger partial charge is 0.361 e. The summed E-state index contributed by atoms with van der Waals surface area (Å²) in [6.45, 7) is 3.68. The number of aromatic amines is 1. The van der Waals surface area contributed by atoms with E-state index in [2.05, 4.69) is 26.1 Å². The number of benzene rings is 3. The van der Waals surface area contributed by atoms with Crippen molar-refractivity contribution in [3.05, 3.63) is 114 Å². The molecule has 0 radical (unpaired) electrons. The Labute approximate surface area is 246 Å². The van der Waals surface area contributed by atoms with Gasteiger partial charge in [-0.15, -0.1) is 11.8 Å². The molecule has 212 valence electrons. The van der Waals surface area contributed by atoms with E-state index in [9.17, 15) is 14.4 Å². The van der Waals surface area contributed by atoms with Crippen molar-refractivity contribution >= 4 is 58.0 Å². The Morgan fingerprint density at radius 3 is 2.52 bits per heavy atom. The molecular formula is C32H29N5O4S. The number of aromatic nitrogens is 2.